The van der Waals surface area contributed by atoms with Gasteiger partial charge in [-0.25, -0.2) is 0 Å². The lowest BCUT2D eigenvalue weighted by molar-refractivity contribution is 0.206. The Morgan fingerprint density at radius 1 is 1.25 bits per heavy atom. The van der Waals surface area contributed by atoms with Crippen molar-refractivity contribution in [2.75, 3.05) is 19.6 Å². The van der Waals surface area contributed by atoms with E-state index in [-0.39, 0.29) is 0 Å². The fourth-order valence-corrected chi connectivity index (χ4v) is 2.37. The first-order chi connectivity index (χ1) is 7.63. The first-order valence-electron chi connectivity index (χ1n) is 7.11. The average molecular weight is 226 g/mol. The summed E-state index contributed by atoms with van der Waals surface area (Å²) >= 11 is 0. The van der Waals surface area contributed by atoms with Crippen LogP contribution in [-0.4, -0.2) is 36.6 Å². The van der Waals surface area contributed by atoms with Gasteiger partial charge in [0, 0.05) is 18.6 Å². The van der Waals surface area contributed by atoms with Crippen molar-refractivity contribution in [3.8, 4) is 0 Å². The van der Waals surface area contributed by atoms with Gasteiger partial charge in [-0.05, 0) is 58.5 Å². The van der Waals surface area contributed by atoms with Crippen LogP contribution in [0.25, 0.3) is 0 Å². The molecule has 96 valence electrons. The molecule has 0 aromatic heterocycles. The van der Waals surface area contributed by atoms with Crippen LogP contribution in [0.15, 0.2) is 0 Å². The molecule has 0 spiro atoms. The summed E-state index contributed by atoms with van der Waals surface area (Å²) in [6, 6.07) is 1.35. The van der Waals surface area contributed by atoms with Gasteiger partial charge in [-0.1, -0.05) is 13.8 Å². The highest BCUT2D eigenvalue weighted by atomic mass is 15.2. The molecular weight excluding hydrogens is 196 g/mol. The zero-order valence-electron chi connectivity index (χ0n) is 11.6. The van der Waals surface area contributed by atoms with Crippen molar-refractivity contribution in [1.82, 2.24) is 10.2 Å². The van der Waals surface area contributed by atoms with Crippen LogP contribution in [-0.2, 0) is 0 Å². The molecule has 1 rings (SSSR count). The van der Waals surface area contributed by atoms with Crippen molar-refractivity contribution in [2.45, 2.75) is 65.5 Å². The van der Waals surface area contributed by atoms with Crippen molar-refractivity contribution >= 4 is 0 Å². The maximum absolute atomic E-state index is 3.62. The van der Waals surface area contributed by atoms with Gasteiger partial charge in [-0.2, -0.15) is 0 Å². The summed E-state index contributed by atoms with van der Waals surface area (Å²) in [5.74, 6) is 0.930. The molecule has 3 unspecified atom stereocenters. The minimum absolute atomic E-state index is 0.661. The standard InChI is InChI=1S/C14H30N2/c1-5-13(3)15-11-14(4)16-9-6-7-12(2)8-10-16/h12-15H,5-11H2,1-4H3. The molecule has 1 aliphatic rings. The molecule has 2 nitrogen and oxygen atoms in total. The molecule has 2 heteroatoms. The summed E-state index contributed by atoms with van der Waals surface area (Å²) in [6.45, 7) is 13.0. The number of nitrogens with zero attached hydrogens (tertiary/aromatic N) is 1. The molecular formula is C14H30N2. The monoisotopic (exact) mass is 226 g/mol. The molecule has 1 fully saturated rings. The summed E-state index contributed by atoms with van der Waals surface area (Å²) in [6.07, 6.45) is 5.41. The Kier molecular flexibility index (Phi) is 6.37. The van der Waals surface area contributed by atoms with Crippen LogP contribution in [0, 0.1) is 5.92 Å². The number of nitrogens with one attached hydrogen (secondary N) is 1. The van der Waals surface area contributed by atoms with E-state index >= 15 is 0 Å². The summed E-state index contributed by atoms with van der Waals surface area (Å²) < 4.78 is 0. The van der Waals surface area contributed by atoms with Crippen LogP contribution in [0.4, 0.5) is 0 Å². The molecule has 1 saturated heterocycles. The van der Waals surface area contributed by atoms with E-state index in [9.17, 15) is 0 Å². The molecule has 1 heterocycles. The van der Waals surface area contributed by atoms with Gasteiger partial charge in [-0.15, -0.1) is 0 Å². The first kappa shape index (κ1) is 14.0. The van der Waals surface area contributed by atoms with E-state index in [0.717, 1.165) is 12.5 Å². The van der Waals surface area contributed by atoms with Crippen LogP contribution in [0.3, 0.4) is 0 Å². The van der Waals surface area contributed by atoms with Gasteiger partial charge in [0.1, 0.15) is 0 Å². The van der Waals surface area contributed by atoms with E-state index in [4.69, 9.17) is 0 Å². The van der Waals surface area contributed by atoms with Gasteiger partial charge < -0.3 is 5.32 Å². The van der Waals surface area contributed by atoms with Gasteiger partial charge in [0.05, 0.1) is 0 Å². The van der Waals surface area contributed by atoms with Crippen molar-refractivity contribution in [3.63, 3.8) is 0 Å². The summed E-state index contributed by atoms with van der Waals surface area (Å²) in [7, 11) is 0. The molecule has 0 bridgehead atoms. The van der Waals surface area contributed by atoms with Crippen molar-refractivity contribution < 1.29 is 0 Å². The lowest BCUT2D eigenvalue weighted by Crippen LogP contribution is -2.43. The number of likely N-dealkylation sites (tertiary alicyclic amines) is 1. The quantitative estimate of drug-likeness (QED) is 0.775. The van der Waals surface area contributed by atoms with Crippen LogP contribution >= 0.6 is 0 Å². The van der Waals surface area contributed by atoms with Crippen LogP contribution in [0.2, 0.25) is 0 Å². The number of hydrogen-bond donors (Lipinski definition) is 1. The van der Waals surface area contributed by atoms with Gasteiger partial charge in [-0.3, -0.25) is 4.90 Å². The van der Waals surface area contributed by atoms with Crippen LogP contribution in [0.1, 0.15) is 53.4 Å². The number of hydrogen-bond acceptors (Lipinski definition) is 2. The SMILES string of the molecule is CCC(C)NCC(C)N1CCCC(C)CC1. The van der Waals surface area contributed by atoms with Gasteiger partial charge >= 0.3 is 0 Å². The van der Waals surface area contributed by atoms with Gasteiger partial charge in [0.25, 0.3) is 0 Å². The van der Waals surface area contributed by atoms with E-state index in [2.05, 4.69) is 37.9 Å². The maximum Gasteiger partial charge on any atom is 0.0192 e. The topological polar surface area (TPSA) is 15.3 Å². The highest BCUT2D eigenvalue weighted by molar-refractivity contribution is 4.75. The number of rotatable bonds is 5. The minimum Gasteiger partial charge on any atom is -0.313 e. The smallest absolute Gasteiger partial charge is 0.0192 e. The normalized spacial score (nSPS) is 27.4. The largest absolute Gasteiger partial charge is 0.313 e. The van der Waals surface area contributed by atoms with Gasteiger partial charge in [0.2, 0.25) is 0 Å². The molecule has 0 amide bonds. The molecule has 0 aromatic carbocycles. The van der Waals surface area contributed by atoms with E-state index in [1.807, 2.05) is 0 Å². The Balaban J connectivity index is 2.26. The summed E-state index contributed by atoms with van der Waals surface area (Å²) in [5.41, 5.74) is 0. The zero-order chi connectivity index (χ0) is 12.0. The lowest BCUT2D eigenvalue weighted by Gasteiger charge is -2.29. The molecule has 0 saturated carbocycles. The Morgan fingerprint density at radius 2 is 2.00 bits per heavy atom. The van der Waals surface area contributed by atoms with Crippen molar-refractivity contribution in [1.29, 1.82) is 0 Å². The van der Waals surface area contributed by atoms with Gasteiger partial charge in [0.15, 0.2) is 0 Å². The van der Waals surface area contributed by atoms with E-state index in [1.165, 1.54) is 38.8 Å². The zero-order valence-corrected chi connectivity index (χ0v) is 11.6. The molecule has 0 aromatic rings. The molecule has 16 heavy (non-hydrogen) atoms. The first-order valence-corrected chi connectivity index (χ1v) is 7.11. The maximum atomic E-state index is 3.62. The Morgan fingerprint density at radius 3 is 2.69 bits per heavy atom. The van der Waals surface area contributed by atoms with E-state index in [0.29, 0.717) is 12.1 Å². The minimum atomic E-state index is 0.661. The predicted octanol–water partition coefficient (Wildman–Crippen LogP) is 2.89. The van der Waals surface area contributed by atoms with Crippen molar-refractivity contribution in [2.24, 2.45) is 5.92 Å². The second-order valence-electron chi connectivity index (χ2n) is 5.64. The predicted molar refractivity (Wildman–Crippen MR) is 71.8 cm³/mol. The highest BCUT2D eigenvalue weighted by Crippen LogP contribution is 2.17. The van der Waals surface area contributed by atoms with Crippen molar-refractivity contribution in [3.05, 3.63) is 0 Å². The summed E-state index contributed by atoms with van der Waals surface area (Å²) in [4.78, 5) is 2.67. The third-order valence-electron chi connectivity index (χ3n) is 4.05. The molecule has 0 aliphatic carbocycles. The Labute approximate surface area is 102 Å². The summed E-state index contributed by atoms with van der Waals surface area (Å²) in [5, 5.41) is 3.62. The van der Waals surface area contributed by atoms with E-state index < -0.39 is 0 Å². The second kappa shape index (κ2) is 7.29. The third kappa shape index (κ3) is 4.84. The molecule has 1 N–H and O–H groups in total. The highest BCUT2D eigenvalue weighted by Gasteiger charge is 2.18. The molecule has 1 aliphatic heterocycles. The fourth-order valence-electron chi connectivity index (χ4n) is 2.37. The average Bonchev–Trinajstić information content (AvgIpc) is 2.50. The van der Waals surface area contributed by atoms with E-state index in [1.54, 1.807) is 0 Å². The van der Waals surface area contributed by atoms with Crippen LogP contribution < -0.4 is 5.32 Å². The molecule has 0 radical (unpaired) electrons. The fraction of sp³-hybridized carbons (Fsp3) is 1.00. The van der Waals surface area contributed by atoms with Crippen LogP contribution in [0.5, 0.6) is 0 Å². The third-order valence-corrected chi connectivity index (χ3v) is 4.05. The Bertz CT molecular complexity index is 182. The Hall–Kier alpha value is -0.0800. The lowest BCUT2D eigenvalue weighted by atomic mass is 10.0. The molecule has 3 atom stereocenters. The second-order valence-corrected chi connectivity index (χ2v) is 5.64.